The molecule has 0 saturated carbocycles. The number of thiocarbonyl (C=S) groups is 1. The van der Waals surface area contributed by atoms with Crippen LogP contribution in [0.25, 0.3) is 0 Å². The first kappa shape index (κ1) is 16.7. The molecular formula is C16H17FN4OS. The van der Waals surface area contributed by atoms with Crippen LogP contribution in [-0.4, -0.2) is 25.1 Å². The van der Waals surface area contributed by atoms with Gasteiger partial charge in [0.25, 0.3) is 5.91 Å². The largest absolute Gasteiger partial charge is 0.378 e. The number of hydrogen-bond acceptors (Lipinski definition) is 3. The minimum Gasteiger partial charge on any atom is -0.378 e. The average molecular weight is 332 g/mol. The van der Waals surface area contributed by atoms with Crippen LogP contribution in [0.5, 0.6) is 0 Å². The summed E-state index contributed by atoms with van der Waals surface area (Å²) in [6, 6.07) is 13.3. The van der Waals surface area contributed by atoms with E-state index in [-0.39, 0.29) is 16.7 Å². The zero-order valence-electron chi connectivity index (χ0n) is 12.8. The molecule has 0 aliphatic carbocycles. The Bertz CT molecular complexity index is 721. The first-order valence-corrected chi connectivity index (χ1v) is 7.27. The summed E-state index contributed by atoms with van der Waals surface area (Å²) in [5.74, 6) is -0.770. The van der Waals surface area contributed by atoms with Crippen molar-refractivity contribution in [3.8, 4) is 0 Å². The third-order valence-electron chi connectivity index (χ3n) is 3.04. The van der Waals surface area contributed by atoms with Gasteiger partial charge in [0, 0.05) is 25.3 Å². The highest BCUT2D eigenvalue weighted by molar-refractivity contribution is 7.80. The number of halogens is 1. The van der Waals surface area contributed by atoms with Crippen molar-refractivity contribution < 1.29 is 9.18 Å². The highest BCUT2D eigenvalue weighted by Gasteiger charge is 2.08. The lowest BCUT2D eigenvalue weighted by atomic mass is 10.2. The number of amides is 1. The van der Waals surface area contributed by atoms with Crippen molar-refractivity contribution in [2.75, 3.05) is 24.3 Å². The Kier molecular flexibility index (Phi) is 5.48. The van der Waals surface area contributed by atoms with Gasteiger partial charge in [-0.2, -0.15) is 0 Å². The van der Waals surface area contributed by atoms with Crippen molar-refractivity contribution in [3.05, 3.63) is 59.9 Å². The minimum atomic E-state index is -0.429. The van der Waals surface area contributed by atoms with E-state index in [2.05, 4.69) is 16.2 Å². The minimum absolute atomic E-state index is 0.0900. The molecule has 0 aliphatic rings. The third kappa shape index (κ3) is 4.65. The van der Waals surface area contributed by atoms with Gasteiger partial charge in [-0.3, -0.25) is 15.6 Å². The SMILES string of the molecule is CN(C)c1cccc(C(=O)NNC(=S)Nc2ccccc2F)c1. The molecule has 0 unspecified atom stereocenters. The second-order valence-corrected chi connectivity index (χ2v) is 5.37. The summed E-state index contributed by atoms with van der Waals surface area (Å²) in [5.41, 5.74) is 6.64. The molecule has 7 heteroatoms. The van der Waals surface area contributed by atoms with E-state index >= 15 is 0 Å². The van der Waals surface area contributed by atoms with Crippen molar-refractivity contribution in [2.24, 2.45) is 0 Å². The molecule has 0 bridgehead atoms. The molecule has 0 fully saturated rings. The van der Waals surface area contributed by atoms with Crippen LogP contribution in [0.1, 0.15) is 10.4 Å². The molecule has 2 aromatic carbocycles. The predicted octanol–water partition coefficient (Wildman–Crippen LogP) is 2.52. The monoisotopic (exact) mass is 332 g/mol. The quantitative estimate of drug-likeness (QED) is 0.596. The molecule has 0 heterocycles. The molecule has 5 nitrogen and oxygen atoms in total. The molecule has 0 aromatic heterocycles. The molecule has 120 valence electrons. The Morgan fingerprint density at radius 3 is 2.52 bits per heavy atom. The van der Waals surface area contributed by atoms with E-state index in [0.29, 0.717) is 5.56 Å². The fraction of sp³-hybridized carbons (Fsp3) is 0.125. The lowest BCUT2D eigenvalue weighted by Crippen LogP contribution is -2.43. The van der Waals surface area contributed by atoms with Gasteiger partial charge in [-0.05, 0) is 42.5 Å². The van der Waals surface area contributed by atoms with Gasteiger partial charge in [-0.25, -0.2) is 4.39 Å². The van der Waals surface area contributed by atoms with Crippen LogP contribution in [0, 0.1) is 5.82 Å². The molecule has 0 spiro atoms. The Morgan fingerprint density at radius 2 is 1.83 bits per heavy atom. The van der Waals surface area contributed by atoms with Crippen molar-refractivity contribution in [1.82, 2.24) is 10.9 Å². The number of carbonyl (C=O) groups is 1. The summed E-state index contributed by atoms with van der Waals surface area (Å²) in [5, 5.41) is 2.76. The maximum Gasteiger partial charge on any atom is 0.269 e. The van der Waals surface area contributed by atoms with Gasteiger partial charge in [0.2, 0.25) is 0 Å². The van der Waals surface area contributed by atoms with Crippen LogP contribution in [0.4, 0.5) is 15.8 Å². The summed E-state index contributed by atoms with van der Waals surface area (Å²) in [6.45, 7) is 0. The van der Waals surface area contributed by atoms with E-state index in [4.69, 9.17) is 12.2 Å². The molecule has 2 aromatic rings. The van der Waals surface area contributed by atoms with Crippen LogP contribution in [0.15, 0.2) is 48.5 Å². The number of nitrogens with zero attached hydrogens (tertiary/aromatic N) is 1. The van der Waals surface area contributed by atoms with Gasteiger partial charge < -0.3 is 10.2 Å². The second kappa shape index (κ2) is 7.55. The normalized spacial score (nSPS) is 9.87. The average Bonchev–Trinajstić information content (AvgIpc) is 2.55. The Hall–Kier alpha value is -2.67. The summed E-state index contributed by atoms with van der Waals surface area (Å²) < 4.78 is 13.5. The maximum absolute atomic E-state index is 13.5. The zero-order valence-corrected chi connectivity index (χ0v) is 13.6. The van der Waals surface area contributed by atoms with Crippen molar-refractivity contribution in [3.63, 3.8) is 0 Å². The predicted molar refractivity (Wildman–Crippen MR) is 94.0 cm³/mol. The Labute approximate surface area is 139 Å². The van der Waals surface area contributed by atoms with E-state index in [0.717, 1.165) is 5.69 Å². The Morgan fingerprint density at radius 1 is 1.09 bits per heavy atom. The van der Waals surface area contributed by atoms with Crippen molar-refractivity contribution in [1.29, 1.82) is 0 Å². The summed E-state index contributed by atoms with van der Waals surface area (Å²) >= 11 is 5.02. The number of para-hydroxylation sites is 1. The second-order valence-electron chi connectivity index (χ2n) is 4.96. The van der Waals surface area contributed by atoms with Crippen LogP contribution in [0.2, 0.25) is 0 Å². The third-order valence-corrected chi connectivity index (χ3v) is 3.24. The van der Waals surface area contributed by atoms with E-state index in [1.54, 1.807) is 36.4 Å². The molecule has 0 radical (unpaired) electrons. The number of hydrazine groups is 1. The van der Waals surface area contributed by atoms with E-state index in [1.807, 2.05) is 25.1 Å². The highest BCUT2D eigenvalue weighted by atomic mass is 32.1. The first-order valence-electron chi connectivity index (χ1n) is 6.86. The molecule has 2 rings (SSSR count). The van der Waals surface area contributed by atoms with Crippen LogP contribution in [-0.2, 0) is 0 Å². The molecule has 23 heavy (non-hydrogen) atoms. The van der Waals surface area contributed by atoms with Gasteiger partial charge in [0.1, 0.15) is 5.82 Å². The van der Waals surface area contributed by atoms with Crippen LogP contribution < -0.4 is 21.1 Å². The number of rotatable bonds is 3. The van der Waals surface area contributed by atoms with Crippen LogP contribution >= 0.6 is 12.2 Å². The lowest BCUT2D eigenvalue weighted by molar-refractivity contribution is 0.0944. The molecule has 1 amide bonds. The maximum atomic E-state index is 13.5. The molecule has 3 N–H and O–H groups in total. The number of carbonyl (C=O) groups excluding carboxylic acids is 1. The molecule has 0 atom stereocenters. The number of hydrogen-bond donors (Lipinski definition) is 3. The molecular weight excluding hydrogens is 315 g/mol. The molecule has 0 saturated heterocycles. The van der Waals surface area contributed by atoms with Gasteiger partial charge in [0.15, 0.2) is 5.11 Å². The zero-order chi connectivity index (χ0) is 16.8. The van der Waals surface area contributed by atoms with E-state index < -0.39 is 5.82 Å². The number of nitrogens with one attached hydrogen (secondary N) is 3. The standard InChI is InChI=1S/C16H17FN4OS/c1-21(2)12-7-5-6-11(10-12)15(22)19-20-16(23)18-14-9-4-3-8-13(14)17/h3-10H,1-2H3,(H,19,22)(H2,18,20,23). The number of benzene rings is 2. The summed E-state index contributed by atoms with van der Waals surface area (Å²) in [7, 11) is 3.78. The van der Waals surface area contributed by atoms with Gasteiger partial charge >= 0.3 is 0 Å². The first-order chi connectivity index (χ1) is 11.0. The van der Waals surface area contributed by atoms with Gasteiger partial charge in [0.05, 0.1) is 5.69 Å². The van der Waals surface area contributed by atoms with Gasteiger partial charge in [-0.1, -0.05) is 18.2 Å². The highest BCUT2D eigenvalue weighted by Crippen LogP contribution is 2.13. The summed E-state index contributed by atoms with van der Waals surface area (Å²) in [6.07, 6.45) is 0. The van der Waals surface area contributed by atoms with Crippen LogP contribution in [0.3, 0.4) is 0 Å². The van der Waals surface area contributed by atoms with Gasteiger partial charge in [-0.15, -0.1) is 0 Å². The Balaban J connectivity index is 1.92. The fourth-order valence-electron chi connectivity index (χ4n) is 1.83. The van der Waals surface area contributed by atoms with Crippen molar-refractivity contribution in [2.45, 2.75) is 0 Å². The van der Waals surface area contributed by atoms with Crippen molar-refractivity contribution >= 4 is 34.6 Å². The topological polar surface area (TPSA) is 56.4 Å². The summed E-state index contributed by atoms with van der Waals surface area (Å²) in [4.78, 5) is 14.0. The van der Waals surface area contributed by atoms with E-state index in [9.17, 15) is 9.18 Å². The van der Waals surface area contributed by atoms with E-state index in [1.165, 1.54) is 6.07 Å². The number of anilines is 2. The molecule has 0 aliphatic heterocycles. The lowest BCUT2D eigenvalue weighted by Gasteiger charge is -2.14. The fourth-order valence-corrected chi connectivity index (χ4v) is 1.99. The smallest absolute Gasteiger partial charge is 0.269 e.